The monoisotopic (exact) mass is 357 g/mol. The smallest absolute Gasteiger partial charge is 0.331 e. The van der Waals surface area contributed by atoms with Crippen LogP contribution in [0.15, 0.2) is 54.6 Å². The molecule has 5 nitrogen and oxygen atoms in total. The minimum Gasteiger partial charge on any atom is -0.494 e. The lowest BCUT2D eigenvalue weighted by Gasteiger charge is -2.12. The molecule has 0 heterocycles. The molecule has 26 heavy (non-hydrogen) atoms. The number of carbonyl (C=O) groups excluding carboxylic acids is 2. The topological polar surface area (TPSA) is 64.6 Å². The van der Waals surface area contributed by atoms with Crippen molar-refractivity contribution in [3.05, 3.63) is 66.0 Å². The van der Waals surface area contributed by atoms with E-state index in [-0.39, 0.29) is 0 Å². The summed E-state index contributed by atoms with van der Waals surface area (Å²) in [6.45, 7) is 3.92. The van der Waals surface area contributed by atoms with Crippen LogP contribution < -0.4 is 10.1 Å². The molecule has 0 aliphatic rings. The van der Waals surface area contributed by atoms with Crippen molar-refractivity contribution < 1.29 is 23.5 Å². The fourth-order valence-electron chi connectivity index (χ4n) is 2.08. The third-order valence-corrected chi connectivity index (χ3v) is 3.36. The maximum atomic E-state index is 13.1. The van der Waals surface area contributed by atoms with E-state index in [1.807, 2.05) is 6.92 Å². The minimum absolute atomic E-state index is 0.294. The Bertz CT molecular complexity index is 787. The molecule has 2 aromatic rings. The van der Waals surface area contributed by atoms with Gasteiger partial charge in [-0.05, 0) is 55.8 Å². The van der Waals surface area contributed by atoms with E-state index in [2.05, 4.69) is 5.32 Å². The van der Waals surface area contributed by atoms with Crippen molar-refractivity contribution in [3.63, 3.8) is 0 Å². The molecule has 0 aliphatic carbocycles. The summed E-state index contributed by atoms with van der Waals surface area (Å²) in [6.07, 6.45) is 1.80. The summed E-state index contributed by atoms with van der Waals surface area (Å²) < 4.78 is 23.5. The lowest BCUT2D eigenvalue weighted by molar-refractivity contribution is -0.148. The fourth-order valence-corrected chi connectivity index (χ4v) is 2.08. The Morgan fingerprint density at radius 1 is 1.19 bits per heavy atom. The van der Waals surface area contributed by atoms with Crippen molar-refractivity contribution in [2.45, 2.75) is 20.0 Å². The van der Waals surface area contributed by atoms with E-state index in [4.69, 9.17) is 9.47 Å². The Morgan fingerprint density at radius 3 is 2.58 bits per heavy atom. The van der Waals surface area contributed by atoms with Gasteiger partial charge >= 0.3 is 5.97 Å². The van der Waals surface area contributed by atoms with Gasteiger partial charge in [-0.3, -0.25) is 4.79 Å². The number of rotatable bonds is 7. The van der Waals surface area contributed by atoms with Crippen molar-refractivity contribution in [1.29, 1.82) is 0 Å². The second-order valence-corrected chi connectivity index (χ2v) is 5.41. The number of hydrogen-bond acceptors (Lipinski definition) is 4. The minimum atomic E-state index is -1.02. The first-order valence-electron chi connectivity index (χ1n) is 8.16. The summed E-state index contributed by atoms with van der Waals surface area (Å²) in [7, 11) is 0. The van der Waals surface area contributed by atoms with Gasteiger partial charge in [0.15, 0.2) is 6.10 Å². The maximum absolute atomic E-state index is 13.1. The lowest BCUT2D eigenvalue weighted by atomic mass is 10.2. The highest BCUT2D eigenvalue weighted by Gasteiger charge is 2.16. The van der Waals surface area contributed by atoms with Gasteiger partial charge < -0.3 is 14.8 Å². The molecule has 1 N–H and O–H groups in total. The molecule has 0 radical (unpaired) electrons. The average Bonchev–Trinajstić information content (AvgIpc) is 2.61. The average molecular weight is 357 g/mol. The van der Waals surface area contributed by atoms with E-state index in [0.29, 0.717) is 12.3 Å². The quantitative estimate of drug-likeness (QED) is 0.605. The number of benzene rings is 2. The fraction of sp³-hybridized carbons (Fsp3) is 0.200. The van der Waals surface area contributed by atoms with Crippen LogP contribution >= 0.6 is 0 Å². The highest BCUT2D eigenvalue weighted by molar-refractivity contribution is 5.96. The molecule has 2 rings (SSSR count). The van der Waals surface area contributed by atoms with Gasteiger partial charge in [-0.15, -0.1) is 0 Å². The second-order valence-electron chi connectivity index (χ2n) is 5.41. The largest absolute Gasteiger partial charge is 0.494 e. The predicted molar refractivity (Wildman–Crippen MR) is 97.2 cm³/mol. The number of nitrogens with one attached hydrogen (secondary N) is 1. The molecule has 0 aromatic heterocycles. The molecule has 1 atom stereocenters. The van der Waals surface area contributed by atoms with Gasteiger partial charge in [0.2, 0.25) is 0 Å². The summed E-state index contributed by atoms with van der Waals surface area (Å²) in [5.74, 6) is -0.917. The Morgan fingerprint density at radius 2 is 1.92 bits per heavy atom. The van der Waals surface area contributed by atoms with Crippen LogP contribution in [0.4, 0.5) is 10.1 Å². The van der Waals surface area contributed by atoms with Crippen LogP contribution in [0, 0.1) is 5.82 Å². The number of anilines is 1. The zero-order chi connectivity index (χ0) is 18.9. The number of esters is 1. The summed E-state index contributed by atoms with van der Waals surface area (Å²) >= 11 is 0. The van der Waals surface area contributed by atoms with Gasteiger partial charge in [-0.25, -0.2) is 9.18 Å². The Balaban J connectivity index is 1.86. The molecule has 0 aliphatic heterocycles. The second kappa shape index (κ2) is 9.36. The lowest BCUT2D eigenvalue weighted by Crippen LogP contribution is -2.29. The zero-order valence-corrected chi connectivity index (χ0v) is 14.6. The van der Waals surface area contributed by atoms with Crippen LogP contribution in [0.25, 0.3) is 6.08 Å². The summed E-state index contributed by atoms with van der Waals surface area (Å²) in [5, 5.41) is 2.49. The van der Waals surface area contributed by atoms with Crippen molar-refractivity contribution >= 4 is 23.6 Å². The van der Waals surface area contributed by atoms with Crippen molar-refractivity contribution in [2.75, 3.05) is 11.9 Å². The molecule has 0 saturated carbocycles. The van der Waals surface area contributed by atoms with Gasteiger partial charge in [0.1, 0.15) is 11.6 Å². The normalized spacial score (nSPS) is 11.8. The van der Waals surface area contributed by atoms with E-state index >= 15 is 0 Å². The maximum Gasteiger partial charge on any atom is 0.331 e. The first-order valence-corrected chi connectivity index (χ1v) is 8.16. The summed E-state index contributed by atoms with van der Waals surface area (Å²) in [5.41, 5.74) is 1.09. The Hall–Kier alpha value is -3.15. The SMILES string of the molecule is CCOc1ccc(/C=C/C(=O)OC(C)C(=O)Nc2cccc(F)c2)cc1. The standard InChI is InChI=1S/C20H20FNO4/c1-3-25-18-10-7-15(8-11-18)9-12-19(23)26-14(2)20(24)22-17-6-4-5-16(21)13-17/h4-14H,3H2,1-2H3,(H,22,24)/b12-9+. The first-order chi connectivity index (χ1) is 12.5. The molecule has 0 fully saturated rings. The predicted octanol–water partition coefficient (Wildman–Crippen LogP) is 3.81. The van der Waals surface area contributed by atoms with Crippen LogP contribution in [-0.4, -0.2) is 24.6 Å². The molecule has 0 spiro atoms. The number of hydrogen-bond donors (Lipinski definition) is 1. The molecule has 1 amide bonds. The van der Waals surface area contributed by atoms with Crippen LogP contribution in [0.5, 0.6) is 5.75 Å². The molecular weight excluding hydrogens is 337 g/mol. The zero-order valence-electron chi connectivity index (χ0n) is 14.6. The molecule has 0 bridgehead atoms. The molecule has 136 valence electrons. The molecule has 0 saturated heterocycles. The highest BCUT2D eigenvalue weighted by atomic mass is 19.1. The Kier molecular flexibility index (Phi) is 6.91. The molecule has 6 heteroatoms. The molecule has 1 unspecified atom stereocenters. The van der Waals surface area contributed by atoms with Crippen LogP contribution in [0.2, 0.25) is 0 Å². The van der Waals surface area contributed by atoms with E-state index < -0.39 is 23.8 Å². The van der Waals surface area contributed by atoms with Crippen LogP contribution in [0.1, 0.15) is 19.4 Å². The van der Waals surface area contributed by atoms with Crippen LogP contribution in [0.3, 0.4) is 0 Å². The van der Waals surface area contributed by atoms with Gasteiger partial charge in [-0.2, -0.15) is 0 Å². The van der Waals surface area contributed by atoms with Crippen molar-refractivity contribution in [3.8, 4) is 5.75 Å². The van der Waals surface area contributed by atoms with E-state index in [1.54, 1.807) is 36.4 Å². The first kappa shape index (κ1) is 19.2. The third kappa shape index (κ3) is 6.05. The van der Waals surface area contributed by atoms with E-state index in [0.717, 1.165) is 11.3 Å². The van der Waals surface area contributed by atoms with Crippen LogP contribution in [-0.2, 0) is 14.3 Å². The van der Waals surface area contributed by atoms with Gasteiger partial charge in [0, 0.05) is 11.8 Å². The number of ether oxygens (including phenoxy) is 2. The van der Waals surface area contributed by atoms with Crippen molar-refractivity contribution in [1.82, 2.24) is 0 Å². The summed E-state index contributed by atoms with van der Waals surface area (Å²) in [4.78, 5) is 23.8. The van der Waals surface area contributed by atoms with Gasteiger partial charge in [0.25, 0.3) is 5.91 Å². The number of carbonyl (C=O) groups is 2. The number of halogens is 1. The number of amides is 1. The van der Waals surface area contributed by atoms with E-state index in [9.17, 15) is 14.0 Å². The summed E-state index contributed by atoms with van der Waals surface area (Å²) in [6, 6.07) is 12.7. The van der Waals surface area contributed by atoms with Gasteiger partial charge in [-0.1, -0.05) is 18.2 Å². The van der Waals surface area contributed by atoms with E-state index in [1.165, 1.54) is 31.2 Å². The Labute approximate surface area is 151 Å². The third-order valence-electron chi connectivity index (χ3n) is 3.36. The highest BCUT2D eigenvalue weighted by Crippen LogP contribution is 2.13. The molecular formula is C20H20FNO4. The van der Waals surface area contributed by atoms with Crippen molar-refractivity contribution in [2.24, 2.45) is 0 Å². The molecule has 2 aromatic carbocycles. The van der Waals surface area contributed by atoms with Gasteiger partial charge in [0.05, 0.1) is 6.61 Å².